The minimum atomic E-state index is -0.520. The molecule has 5 nitrogen and oxygen atoms in total. The van der Waals surface area contributed by atoms with E-state index < -0.39 is 11.9 Å². The fourth-order valence-corrected chi connectivity index (χ4v) is 2.92. The molecule has 0 aromatic heterocycles. The molecule has 0 bridgehead atoms. The Morgan fingerprint density at radius 3 is 2.61 bits per heavy atom. The van der Waals surface area contributed by atoms with Crippen LogP contribution in [0.25, 0.3) is 0 Å². The van der Waals surface area contributed by atoms with Crippen LogP contribution in [0.4, 0.5) is 10.1 Å². The average molecular weight is 342 g/mol. The summed E-state index contributed by atoms with van der Waals surface area (Å²) in [5, 5.41) is 5.59. The summed E-state index contributed by atoms with van der Waals surface area (Å²) in [6, 6.07) is 3.63. The van der Waals surface area contributed by atoms with Gasteiger partial charge in [-0.15, -0.1) is 0 Å². The molecule has 2 amide bonds. The zero-order valence-electron chi connectivity index (χ0n) is 13.2. The van der Waals surface area contributed by atoms with Gasteiger partial charge in [0.25, 0.3) is 0 Å². The molecule has 1 aliphatic heterocycles. The van der Waals surface area contributed by atoms with Crippen LogP contribution in [-0.2, 0) is 9.59 Å². The van der Waals surface area contributed by atoms with E-state index in [2.05, 4.69) is 10.6 Å². The van der Waals surface area contributed by atoms with Gasteiger partial charge in [0.1, 0.15) is 5.82 Å². The summed E-state index contributed by atoms with van der Waals surface area (Å²) < 4.78 is 13.7. The summed E-state index contributed by atoms with van der Waals surface area (Å²) in [4.78, 5) is 25.9. The van der Waals surface area contributed by atoms with Gasteiger partial charge in [-0.1, -0.05) is 11.6 Å². The SMILES string of the molecule is CNC(=O)C1CCN(C(C)C(=O)Nc2cc(Cl)ccc2F)CC1. The highest BCUT2D eigenvalue weighted by Gasteiger charge is 2.29. The van der Waals surface area contributed by atoms with E-state index in [4.69, 9.17) is 11.6 Å². The van der Waals surface area contributed by atoms with Gasteiger partial charge in [-0.2, -0.15) is 0 Å². The Bertz CT molecular complexity index is 589. The van der Waals surface area contributed by atoms with Crippen molar-refractivity contribution in [3.8, 4) is 0 Å². The molecule has 0 spiro atoms. The van der Waals surface area contributed by atoms with Gasteiger partial charge >= 0.3 is 0 Å². The number of benzene rings is 1. The first-order valence-electron chi connectivity index (χ1n) is 7.64. The summed E-state index contributed by atoms with van der Waals surface area (Å²) in [5.74, 6) is -0.766. The molecule has 126 valence electrons. The maximum Gasteiger partial charge on any atom is 0.241 e. The Hall–Kier alpha value is -1.66. The Balaban J connectivity index is 1.93. The van der Waals surface area contributed by atoms with Crippen LogP contribution < -0.4 is 10.6 Å². The first-order valence-corrected chi connectivity index (χ1v) is 8.01. The molecule has 0 radical (unpaired) electrons. The summed E-state index contributed by atoms with van der Waals surface area (Å²) in [5.41, 5.74) is 0.0783. The van der Waals surface area contributed by atoms with Gasteiger partial charge in [-0.3, -0.25) is 14.5 Å². The lowest BCUT2D eigenvalue weighted by Crippen LogP contribution is -2.47. The molecule has 0 aliphatic carbocycles. The van der Waals surface area contributed by atoms with Crippen molar-refractivity contribution in [3.63, 3.8) is 0 Å². The van der Waals surface area contributed by atoms with Crippen LogP contribution in [0.3, 0.4) is 0 Å². The number of nitrogens with one attached hydrogen (secondary N) is 2. The summed E-state index contributed by atoms with van der Waals surface area (Å²) >= 11 is 5.82. The highest BCUT2D eigenvalue weighted by molar-refractivity contribution is 6.30. The quantitative estimate of drug-likeness (QED) is 0.883. The van der Waals surface area contributed by atoms with Gasteiger partial charge in [0, 0.05) is 18.0 Å². The molecule has 1 atom stereocenters. The molecule has 1 saturated heterocycles. The minimum absolute atomic E-state index is 0.00288. The number of carbonyl (C=O) groups excluding carboxylic acids is 2. The van der Waals surface area contributed by atoms with E-state index in [1.54, 1.807) is 14.0 Å². The van der Waals surface area contributed by atoms with Gasteiger partial charge in [0.15, 0.2) is 0 Å². The number of carbonyl (C=O) groups is 2. The van der Waals surface area contributed by atoms with Crippen LogP contribution in [-0.4, -0.2) is 42.9 Å². The third-order valence-corrected chi connectivity index (χ3v) is 4.50. The number of nitrogens with zero attached hydrogens (tertiary/aromatic N) is 1. The first kappa shape index (κ1) is 17.7. The molecule has 1 fully saturated rings. The highest BCUT2D eigenvalue weighted by atomic mass is 35.5. The molecule has 23 heavy (non-hydrogen) atoms. The zero-order valence-corrected chi connectivity index (χ0v) is 14.0. The van der Waals surface area contributed by atoms with Crippen molar-refractivity contribution in [2.75, 3.05) is 25.5 Å². The third-order valence-electron chi connectivity index (χ3n) is 4.26. The fraction of sp³-hybridized carbons (Fsp3) is 0.500. The molecule has 1 aromatic carbocycles. The number of anilines is 1. The smallest absolute Gasteiger partial charge is 0.241 e. The van der Waals surface area contributed by atoms with Crippen LogP contribution in [0, 0.1) is 11.7 Å². The van der Waals surface area contributed by atoms with Crippen molar-refractivity contribution >= 4 is 29.1 Å². The molecule has 1 aromatic rings. The van der Waals surface area contributed by atoms with Crippen LogP contribution in [0.2, 0.25) is 5.02 Å². The zero-order chi connectivity index (χ0) is 17.0. The van der Waals surface area contributed by atoms with Gasteiger partial charge < -0.3 is 10.6 Å². The van der Waals surface area contributed by atoms with Gasteiger partial charge in [-0.05, 0) is 51.1 Å². The van der Waals surface area contributed by atoms with E-state index in [1.807, 2.05) is 4.90 Å². The Morgan fingerprint density at radius 2 is 2.00 bits per heavy atom. The largest absolute Gasteiger partial charge is 0.359 e. The number of rotatable bonds is 4. The molecule has 2 rings (SSSR count). The predicted octanol–water partition coefficient (Wildman–Crippen LogP) is 2.26. The molecule has 2 N–H and O–H groups in total. The molecule has 7 heteroatoms. The average Bonchev–Trinajstić information content (AvgIpc) is 2.56. The van der Waals surface area contributed by atoms with Crippen LogP contribution in [0.15, 0.2) is 18.2 Å². The minimum Gasteiger partial charge on any atom is -0.359 e. The maximum atomic E-state index is 13.7. The highest BCUT2D eigenvalue weighted by Crippen LogP contribution is 2.22. The summed E-state index contributed by atoms with van der Waals surface area (Å²) in [6.45, 7) is 3.09. The second-order valence-corrected chi connectivity index (χ2v) is 6.15. The van der Waals surface area contributed by atoms with Crippen LogP contribution >= 0.6 is 11.6 Å². The number of halogens is 2. The number of likely N-dealkylation sites (tertiary alicyclic amines) is 1. The predicted molar refractivity (Wildman–Crippen MR) is 87.9 cm³/mol. The van der Waals surface area contributed by atoms with Gasteiger partial charge in [0.2, 0.25) is 11.8 Å². The van der Waals surface area contributed by atoms with Crippen molar-refractivity contribution < 1.29 is 14.0 Å². The number of piperidine rings is 1. The fourth-order valence-electron chi connectivity index (χ4n) is 2.75. The van der Waals surface area contributed by atoms with Gasteiger partial charge in [0.05, 0.1) is 11.7 Å². The number of hydrogen-bond acceptors (Lipinski definition) is 3. The van der Waals surface area contributed by atoms with Crippen molar-refractivity contribution in [2.24, 2.45) is 5.92 Å². The van der Waals surface area contributed by atoms with E-state index in [-0.39, 0.29) is 23.4 Å². The standard InChI is InChI=1S/C16H21ClFN3O2/c1-10(21-7-5-11(6-8-21)16(23)19-2)15(22)20-14-9-12(17)3-4-13(14)18/h3-4,9-11H,5-8H2,1-2H3,(H,19,23)(H,20,22). The van der Waals surface area contributed by atoms with Crippen LogP contribution in [0.5, 0.6) is 0 Å². The lowest BCUT2D eigenvalue weighted by atomic mass is 9.95. The number of amides is 2. The topological polar surface area (TPSA) is 61.4 Å². The van der Waals surface area contributed by atoms with Crippen molar-refractivity contribution in [3.05, 3.63) is 29.0 Å². The summed E-state index contributed by atoms with van der Waals surface area (Å²) in [6.07, 6.45) is 1.42. The molecule has 1 unspecified atom stereocenters. The van der Waals surface area contributed by atoms with E-state index in [0.29, 0.717) is 31.0 Å². The third kappa shape index (κ3) is 4.42. The molecular formula is C16H21ClFN3O2. The van der Waals surface area contributed by atoms with E-state index in [9.17, 15) is 14.0 Å². The molecular weight excluding hydrogens is 321 g/mol. The van der Waals surface area contributed by atoms with E-state index in [0.717, 1.165) is 0 Å². The van der Waals surface area contributed by atoms with E-state index >= 15 is 0 Å². The monoisotopic (exact) mass is 341 g/mol. The maximum absolute atomic E-state index is 13.7. The Kier molecular flexibility index (Phi) is 5.96. The van der Waals surface area contributed by atoms with Crippen molar-refractivity contribution in [1.82, 2.24) is 10.2 Å². The van der Waals surface area contributed by atoms with Crippen molar-refractivity contribution in [1.29, 1.82) is 0 Å². The number of hydrogen-bond donors (Lipinski definition) is 2. The Labute approximate surface area is 140 Å². The lowest BCUT2D eigenvalue weighted by Gasteiger charge is -2.34. The van der Waals surface area contributed by atoms with Crippen LogP contribution in [0.1, 0.15) is 19.8 Å². The lowest BCUT2D eigenvalue weighted by molar-refractivity contribution is -0.126. The summed E-state index contributed by atoms with van der Waals surface area (Å²) in [7, 11) is 1.63. The molecule has 1 aliphatic rings. The second-order valence-electron chi connectivity index (χ2n) is 5.71. The van der Waals surface area contributed by atoms with Gasteiger partial charge in [-0.25, -0.2) is 4.39 Å². The second kappa shape index (κ2) is 7.75. The van der Waals surface area contributed by atoms with Crippen molar-refractivity contribution in [2.45, 2.75) is 25.8 Å². The first-order chi connectivity index (χ1) is 10.9. The van der Waals surface area contributed by atoms with E-state index in [1.165, 1.54) is 18.2 Å². The molecule has 0 saturated carbocycles. The molecule has 1 heterocycles. The normalized spacial score (nSPS) is 17.6. The Morgan fingerprint density at radius 1 is 1.35 bits per heavy atom.